The normalized spacial score (nSPS) is 32.5. The highest BCUT2D eigenvalue weighted by Gasteiger charge is 2.31. The molecule has 80 valence electrons. The van der Waals surface area contributed by atoms with Crippen LogP contribution in [-0.4, -0.2) is 49.7 Å². The van der Waals surface area contributed by atoms with Crippen LogP contribution in [0.2, 0.25) is 0 Å². The molecule has 2 aliphatic rings. The largest absolute Gasteiger partial charge is 0.380 e. The van der Waals surface area contributed by atoms with Crippen LogP contribution in [0.25, 0.3) is 0 Å². The maximum Gasteiger partial charge on any atom is 0.239 e. The number of hydrogen-bond acceptors (Lipinski definition) is 3. The van der Waals surface area contributed by atoms with Gasteiger partial charge in [-0.3, -0.25) is 4.79 Å². The van der Waals surface area contributed by atoms with E-state index in [-0.39, 0.29) is 18.1 Å². The Hall–Kier alpha value is -0.610. The molecule has 0 unspecified atom stereocenters. The molecule has 2 heterocycles. The molecular weight excluding hydrogens is 180 g/mol. The first-order chi connectivity index (χ1) is 6.81. The zero-order chi connectivity index (χ0) is 9.97. The van der Waals surface area contributed by atoms with Crippen molar-refractivity contribution in [3.05, 3.63) is 0 Å². The molecule has 4 heteroatoms. The Morgan fingerprint density at radius 3 is 2.93 bits per heavy atom. The number of hydrogen-bond donors (Lipinski definition) is 1. The van der Waals surface area contributed by atoms with E-state index in [1.807, 2.05) is 4.90 Å². The number of rotatable bonds is 2. The third-order valence-electron chi connectivity index (χ3n) is 3.15. The second kappa shape index (κ2) is 4.28. The number of amides is 1. The molecule has 2 fully saturated rings. The minimum atomic E-state index is 0.0746. The predicted octanol–water partition coefficient (Wildman–Crippen LogP) is -0.0143. The monoisotopic (exact) mass is 198 g/mol. The lowest BCUT2D eigenvalue weighted by molar-refractivity contribution is -0.132. The fourth-order valence-electron chi connectivity index (χ4n) is 2.24. The summed E-state index contributed by atoms with van der Waals surface area (Å²) >= 11 is 0. The smallest absolute Gasteiger partial charge is 0.239 e. The molecule has 0 radical (unpaired) electrons. The summed E-state index contributed by atoms with van der Waals surface area (Å²) in [6.45, 7) is 2.61. The van der Waals surface area contributed by atoms with E-state index in [1.165, 1.54) is 0 Å². The molecule has 0 spiro atoms. The standard InChI is InChI=1S/C10H18N2O2/c1-14-8-4-6-12(7-8)10(13)9-3-2-5-11-9/h8-9,11H,2-7H2,1H3/t8-,9+/m0/s1. The number of methoxy groups -OCH3 is 1. The van der Waals surface area contributed by atoms with Crippen molar-refractivity contribution in [2.24, 2.45) is 0 Å². The number of likely N-dealkylation sites (tertiary alicyclic amines) is 1. The van der Waals surface area contributed by atoms with Crippen LogP contribution in [0.15, 0.2) is 0 Å². The Balaban J connectivity index is 1.86. The number of nitrogens with zero attached hydrogens (tertiary/aromatic N) is 1. The summed E-state index contributed by atoms with van der Waals surface area (Å²) in [6.07, 6.45) is 3.35. The molecule has 0 saturated carbocycles. The minimum Gasteiger partial charge on any atom is -0.380 e. The number of nitrogens with one attached hydrogen (secondary N) is 1. The van der Waals surface area contributed by atoms with Crippen molar-refractivity contribution in [1.29, 1.82) is 0 Å². The summed E-state index contributed by atoms with van der Waals surface area (Å²) < 4.78 is 5.24. The fourth-order valence-corrected chi connectivity index (χ4v) is 2.24. The molecule has 2 atom stereocenters. The molecule has 2 saturated heterocycles. The molecule has 0 aliphatic carbocycles. The SMILES string of the molecule is CO[C@H]1CCN(C(=O)[C@H]2CCCN2)C1. The first-order valence-corrected chi connectivity index (χ1v) is 5.36. The van der Waals surface area contributed by atoms with E-state index in [9.17, 15) is 4.79 Å². The van der Waals surface area contributed by atoms with Gasteiger partial charge in [0.25, 0.3) is 0 Å². The van der Waals surface area contributed by atoms with Crippen molar-refractivity contribution in [1.82, 2.24) is 10.2 Å². The Morgan fingerprint density at radius 1 is 1.50 bits per heavy atom. The molecule has 4 nitrogen and oxygen atoms in total. The van der Waals surface area contributed by atoms with Gasteiger partial charge in [-0.25, -0.2) is 0 Å². The van der Waals surface area contributed by atoms with Crippen LogP contribution in [0.5, 0.6) is 0 Å². The van der Waals surface area contributed by atoms with E-state index in [1.54, 1.807) is 7.11 Å². The zero-order valence-electron chi connectivity index (χ0n) is 8.66. The van der Waals surface area contributed by atoms with Gasteiger partial charge in [0.15, 0.2) is 0 Å². The Kier molecular flexibility index (Phi) is 3.03. The number of carbonyl (C=O) groups excluding carboxylic acids is 1. The van der Waals surface area contributed by atoms with Crippen LogP contribution in [0.4, 0.5) is 0 Å². The highest BCUT2D eigenvalue weighted by atomic mass is 16.5. The highest BCUT2D eigenvalue weighted by Crippen LogP contribution is 2.16. The Bertz CT molecular complexity index is 214. The van der Waals surface area contributed by atoms with Crippen molar-refractivity contribution >= 4 is 5.91 Å². The van der Waals surface area contributed by atoms with Crippen molar-refractivity contribution in [3.8, 4) is 0 Å². The van der Waals surface area contributed by atoms with Gasteiger partial charge in [-0.05, 0) is 25.8 Å². The lowest BCUT2D eigenvalue weighted by Crippen LogP contribution is -2.42. The maximum absolute atomic E-state index is 11.9. The fraction of sp³-hybridized carbons (Fsp3) is 0.900. The van der Waals surface area contributed by atoms with Gasteiger partial charge in [0.1, 0.15) is 0 Å². The average molecular weight is 198 g/mol. The summed E-state index contributed by atoms with van der Waals surface area (Å²) in [5.74, 6) is 0.266. The maximum atomic E-state index is 11.9. The molecule has 14 heavy (non-hydrogen) atoms. The van der Waals surface area contributed by atoms with Crippen LogP contribution < -0.4 is 5.32 Å². The van der Waals surface area contributed by atoms with Crippen LogP contribution in [0.3, 0.4) is 0 Å². The zero-order valence-corrected chi connectivity index (χ0v) is 8.66. The van der Waals surface area contributed by atoms with Gasteiger partial charge < -0.3 is 15.0 Å². The highest BCUT2D eigenvalue weighted by molar-refractivity contribution is 5.82. The molecule has 1 N–H and O–H groups in total. The van der Waals surface area contributed by atoms with Gasteiger partial charge in [-0.1, -0.05) is 0 Å². The predicted molar refractivity (Wildman–Crippen MR) is 53.0 cm³/mol. The molecule has 0 aromatic heterocycles. The third kappa shape index (κ3) is 1.91. The first-order valence-electron chi connectivity index (χ1n) is 5.36. The van der Waals surface area contributed by atoms with Gasteiger partial charge in [-0.2, -0.15) is 0 Å². The Labute approximate surface area is 84.6 Å². The summed E-state index contributed by atoms with van der Waals surface area (Å²) in [6, 6.07) is 0.0746. The summed E-state index contributed by atoms with van der Waals surface area (Å²) in [5, 5.41) is 3.23. The molecule has 2 rings (SSSR count). The Morgan fingerprint density at radius 2 is 2.36 bits per heavy atom. The second-order valence-electron chi connectivity index (χ2n) is 4.08. The van der Waals surface area contributed by atoms with E-state index in [0.717, 1.165) is 38.9 Å². The second-order valence-corrected chi connectivity index (χ2v) is 4.08. The minimum absolute atomic E-state index is 0.0746. The van der Waals surface area contributed by atoms with Crippen LogP contribution in [0, 0.1) is 0 Å². The van der Waals surface area contributed by atoms with Gasteiger partial charge >= 0.3 is 0 Å². The van der Waals surface area contributed by atoms with Crippen molar-refractivity contribution in [2.75, 3.05) is 26.7 Å². The number of carbonyl (C=O) groups is 1. The van der Waals surface area contributed by atoms with Crippen molar-refractivity contribution in [2.45, 2.75) is 31.4 Å². The van der Waals surface area contributed by atoms with Crippen molar-refractivity contribution in [3.63, 3.8) is 0 Å². The molecule has 0 aromatic rings. The van der Waals surface area contributed by atoms with E-state index >= 15 is 0 Å². The number of ether oxygens (including phenoxy) is 1. The van der Waals surface area contributed by atoms with E-state index < -0.39 is 0 Å². The van der Waals surface area contributed by atoms with Crippen LogP contribution in [0.1, 0.15) is 19.3 Å². The molecule has 0 aromatic carbocycles. The van der Waals surface area contributed by atoms with Gasteiger partial charge in [0.2, 0.25) is 5.91 Å². The van der Waals surface area contributed by atoms with Crippen molar-refractivity contribution < 1.29 is 9.53 Å². The summed E-state index contributed by atoms with van der Waals surface area (Å²) in [4.78, 5) is 13.8. The summed E-state index contributed by atoms with van der Waals surface area (Å²) in [7, 11) is 1.71. The van der Waals surface area contributed by atoms with Gasteiger partial charge in [0, 0.05) is 20.2 Å². The van der Waals surface area contributed by atoms with Gasteiger partial charge in [-0.15, -0.1) is 0 Å². The lowest BCUT2D eigenvalue weighted by Gasteiger charge is -2.20. The molecule has 2 aliphatic heterocycles. The van der Waals surface area contributed by atoms with E-state index in [4.69, 9.17) is 4.74 Å². The quantitative estimate of drug-likeness (QED) is 0.678. The third-order valence-corrected chi connectivity index (χ3v) is 3.15. The molecule has 0 bridgehead atoms. The van der Waals surface area contributed by atoms with Crippen LogP contribution >= 0.6 is 0 Å². The first kappa shape index (κ1) is 9.93. The van der Waals surface area contributed by atoms with E-state index in [0.29, 0.717) is 0 Å². The topological polar surface area (TPSA) is 41.6 Å². The van der Waals surface area contributed by atoms with E-state index in [2.05, 4.69) is 5.32 Å². The molecule has 1 amide bonds. The van der Waals surface area contributed by atoms with Gasteiger partial charge in [0.05, 0.1) is 12.1 Å². The lowest BCUT2D eigenvalue weighted by atomic mass is 10.2. The van der Waals surface area contributed by atoms with Crippen LogP contribution in [-0.2, 0) is 9.53 Å². The molecular formula is C10H18N2O2. The average Bonchev–Trinajstić information content (AvgIpc) is 2.88. The summed E-state index contributed by atoms with van der Waals surface area (Å²) in [5.41, 5.74) is 0.